The average Bonchev–Trinajstić information content (AvgIpc) is 2.23. The highest BCUT2D eigenvalue weighted by molar-refractivity contribution is 5.94. The van der Waals surface area contributed by atoms with E-state index in [0.717, 1.165) is 5.69 Å². The Morgan fingerprint density at radius 3 is 2.80 bits per heavy atom. The molecule has 0 saturated heterocycles. The summed E-state index contributed by atoms with van der Waals surface area (Å²) >= 11 is 0. The van der Waals surface area contributed by atoms with Crippen LogP contribution in [-0.2, 0) is 0 Å². The topological polar surface area (TPSA) is 41.1 Å². The minimum absolute atomic E-state index is 0.0349. The minimum atomic E-state index is -0.0349. The summed E-state index contributed by atoms with van der Waals surface area (Å²) in [6.45, 7) is 0. The first kappa shape index (κ1) is 10.0. The van der Waals surface area contributed by atoms with Crippen molar-refractivity contribution in [1.29, 1.82) is 0 Å². The highest BCUT2D eigenvalue weighted by Crippen LogP contribution is 2.23. The van der Waals surface area contributed by atoms with Gasteiger partial charge in [0.1, 0.15) is 0 Å². The largest absolute Gasteiger partial charge is 0.382 e. The molecule has 0 aromatic heterocycles. The van der Waals surface area contributed by atoms with Crippen molar-refractivity contribution in [2.75, 3.05) is 12.4 Å². The van der Waals surface area contributed by atoms with Crippen LogP contribution in [0.5, 0.6) is 0 Å². The van der Waals surface area contributed by atoms with Gasteiger partial charge in [0, 0.05) is 24.3 Å². The fourth-order valence-corrected chi connectivity index (χ4v) is 1.68. The lowest BCUT2D eigenvalue weighted by atomic mass is 9.93. The van der Waals surface area contributed by atoms with Crippen molar-refractivity contribution in [2.45, 2.75) is 25.3 Å². The van der Waals surface area contributed by atoms with Gasteiger partial charge < -0.3 is 10.6 Å². The quantitative estimate of drug-likeness (QED) is 0.790. The number of nitrogens with one attached hydrogen (secondary N) is 2. The molecule has 3 nitrogen and oxygen atoms in total. The van der Waals surface area contributed by atoms with E-state index in [9.17, 15) is 4.79 Å². The van der Waals surface area contributed by atoms with Crippen LogP contribution in [0.4, 0.5) is 5.69 Å². The Hall–Kier alpha value is -1.51. The van der Waals surface area contributed by atoms with Crippen molar-refractivity contribution in [2.24, 2.45) is 0 Å². The highest BCUT2D eigenvalue weighted by atomic mass is 16.1. The molecule has 3 heteroatoms. The van der Waals surface area contributed by atoms with Crippen molar-refractivity contribution in [3.63, 3.8) is 0 Å². The number of hydrogen-bond donors (Lipinski definition) is 2. The molecule has 0 heterocycles. The number of amides is 1. The highest BCUT2D eigenvalue weighted by Gasteiger charge is 2.16. The molecule has 1 fully saturated rings. The van der Waals surface area contributed by atoms with E-state index in [1.807, 2.05) is 24.3 Å². The summed E-state index contributed by atoms with van der Waals surface area (Å²) in [5, 5.41) is 6.04. The predicted octanol–water partition coefficient (Wildman–Crippen LogP) is 2.01. The second-order valence-corrected chi connectivity index (χ2v) is 3.93. The standard InChI is InChI=1S/C12H16N2O/c1-13-12(15)9-4-2-7-11(8-9)14-10-5-3-6-10/h2,4,7-8,10,14H,3,5-6H2,1H3,(H,13,15). The van der Waals surface area contributed by atoms with Crippen LogP contribution in [0, 0.1) is 0 Å². The van der Waals surface area contributed by atoms with Gasteiger partial charge in [0.15, 0.2) is 0 Å². The van der Waals surface area contributed by atoms with Gasteiger partial charge in [-0.05, 0) is 37.5 Å². The van der Waals surface area contributed by atoms with Gasteiger partial charge in [-0.15, -0.1) is 0 Å². The predicted molar refractivity (Wildman–Crippen MR) is 61.1 cm³/mol. The summed E-state index contributed by atoms with van der Waals surface area (Å²) in [6, 6.07) is 8.24. The van der Waals surface area contributed by atoms with Crippen LogP contribution in [0.15, 0.2) is 24.3 Å². The molecule has 1 aliphatic carbocycles. The second-order valence-electron chi connectivity index (χ2n) is 3.93. The van der Waals surface area contributed by atoms with E-state index in [1.54, 1.807) is 7.05 Å². The first-order valence-electron chi connectivity index (χ1n) is 5.38. The van der Waals surface area contributed by atoms with E-state index < -0.39 is 0 Å². The fraction of sp³-hybridized carbons (Fsp3) is 0.417. The molecule has 2 rings (SSSR count). The number of rotatable bonds is 3. The van der Waals surface area contributed by atoms with Crippen LogP contribution in [0.2, 0.25) is 0 Å². The molecule has 0 spiro atoms. The van der Waals surface area contributed by atoms with Crippen molar-refractivity contribution < 1.29 is 4.79 Å². The smallest absolute Gasteiger partial charge is 0.251 e. The molecule has 1 saturated carbocycles. The number of carbonyl (C=O) groups is 1. The van der Waals surface area contributed by atoms with Gasteiger partial charge in [-0.3, -0.25) is 4.79 Å². The molecular formula is C12H16N2O. The van der Waals surface area contributed by atoms with Gasteiger partial charge >= 0.3 is 0 Å². The molecule has 1 amide bonds. The van der Waals surface area contributed by atoms with Crippen LogP contribution >= 0.6 is 0 Å². The first-order valence-corrected chi connectivity index (χ1v) is 5.38. The van der Waals surface area contributed by atoms with E-state index in [1.165, 1.54) is 19.3 Å². The summed E-state index contributed by atoms with van der Waals surface area (Å²) in [7, 11) is 1.65. The lowest BCUT2D eigenvalue weighted by molar-refractivity contribution is 0.0963. The van der Waals surface area contributed by atoms with Crippen molar-refractivity contribution >= 4 is 11.6 Å². The average molecular weight is 204 g/mol. The van der Waals surface area contributed by atoms with Crippen molar-refractivity contribution in [3.05, 3.63) is 29.8 Å². The summed E-state index contributed by atoms with van der Waals surface area (Å²) in [5.41, 5.74) is 1.75. The third-order valence-electron chi connectivity index (χ3n) is 2.83. The molecule has 1 aromatic rings. The van der Waals surface area contributed by atoms with Gasteiger partial charge in [0.2, 0.25) is 0 Å². The monoisotopic (exact) mass is 204 g/mol. The summed E-state index contributed by atoms with van der Waals surface area (Å²) in [5.74, 6) is -0.0349. The molecule has 15 heavy (non-hydrogen) atoms. The van der Waals surface area contributed by atoms with Crippen molar-refractivity contribution in [1.82, 2.24) is 5.32 Å². The number of benzene rings is 1. The Morgan fingerprint density at radius 2 is 2.20 bits per heavy atom. The molecule has 0 atom stereocenters. The molecule has 0 radical (unpaired) electrons. The lowest BCUT2D eigenvalue weighted by Gasteiger charge is -2.27. The van der Waals surface area contributed by atoms with Gasteiger partial charge in [0.05, 0.1) is 0 Å². The molecule has 0 unspecified atom stereocenters. The Bertz CT molecular complexity index is 358. The van der Waals surface area contributed by atoms with Gasteiger partial charge in [-0.1, -0.05) is 6.07 Å². The third kappa shape index (κ3) is 2.29. The van der Waals surface area contributed by atoms with Crippen LogP contribution in [0.25, 0.3) is 0 Å². The normalized spacial score (nSPS) is 15.5. The molecule has 80 valence electrons. The summed E-state index contributed by atoms with van der Waals surface area (Å²) in [6.07, 6.45) is 3.79. The zero-order valence-electron chi connectivity index (χ0n) is 8.92. The number of anilines is 1. The SMILES string of the molecule is CNC(=O)c1cccc(NC2CCC2)c1. The van der Waals surface area contributed by atoms with E-state index >= 15 is 0 Å². The Morgan fingerprint density at radius 1 is 1.40 bits per heavy atom. The van der Waals surface area contributed by atoms with E-state index in [4.69, 9.17) is 0 Å². The molecule has 0 aliphatic heterocycles. The Labute approximate surface area is 89.9 Å². The lowest BCUT2D eigenvalue weighted by Crippen LogP contribution is -2.27. The zero-order chi connectivity index (χ0) is 10.7. The molecule has 0 bridgehead atoms. The summed E-state index contributed by atoms with van der Waals surface area (Å²) in [4.78, 5) is 11.4. The maximum atomic E-state index is 11.4. The van der Waals surface area contributed by atoms with Crippen LogP contribution < -0.4 is 10.6 Å². The number of hydrogen-bond acceptors (Lipinski definition) is 2. The first-order chi connectivity index (χ1) is 7.29. The van der Waals surface area contributed by atoms with Crippen LogP contribution in [0.3, 0.4) is 0 Å². The maximum Gasteiger partial charge on any atom is 0.251 e. The van der Waals surface area contributed by atoms with Gasteiger partial charge in [-0.25, -0.2) is 0 Å². The second kappa shape index (κ2) is 4.34. The molecular weight excluding hydrogens is 188 g/mol. The van der Waals surface area contributed by atoms with Gasteiger partial charge in [0.25, 0.3) is 5.91 Å². The van der Waals surface area contributed by atoms with Crippen LogP contribution in [-0.4, -0.2) is 19.0 Å². The third-order valence-corrected chi connectivity index (χ3v) is 2.83. The zero-order valence-corrected chi connectivity index (χ0v) is 8.92. The van der Waals surface area contributed by atoms with E-state index in [2.05, 4.69) is 10.6 Å². The molecule has 1 aromatic carbocycles. The molecule has 1 aliphatic rings. The fourth-order valence-electron chi connectivity index (χ4n) is 1.68. The summed E-state index contributed by atoms with van der Waals surface area (Å²) < 4.78 is 0. The Kier molecular flexibility index (Phi) is 2.90. The molecule has 2 N–H and O–H groups in total. The van der Waals surface area contributed by atoms with Gasteiger partial charge in [-0.2, -0.15) is 0 Å². The van der Waals surface area contributed by atoms with Crippen molar-refractivity contribution in [3.8, 4) is 0 Å². The van der Waals surface area contributed by atoms with E-state index in [0.29, 0.717) is 11.6 Å². The minimum Gasteiger partial charge on any atom is -0.382 e. The van der Waals surface area contributed by atoms with E-state index in [-0.39, 0.29) is 5.91 Å². The maximum absolute atomic E-state index is 11.4. The Balaban J connectivity index is 2.07. The number of carbonyl (C=O) groups excluding carboxylic acids is 1. The van der Waals surface area contributed by atoms with Crippen LogP contribution in [0.1, 0.15) is 29.6 Å².